The predicted octanol–water partition coefficient (Wildman–Crippen LogP) is 5.66. The average Bonchev–Trinajstić information content (AvgIpc) is 3.39. The number of amides is 2. The van der Waals surface area contributed by atoms with Crippen LogP contribution in [0.1, 0.15) is 34.7 Å². The summed E-state index contributed by atoms with van der Waals surface area (Å²) in [4.78, 5) is 31.5. The number of carbonyl (C=O) groups is 2. The van der Waals surface area contributed by atoms with E-state index in [9.17, 15) is 14.0 Å². The molecular weight excluding hydrogens is 489 g/mol. The molecule has 0 aromatic heterocycles. The van der Waals surface area contributed by atoms with Gasteiger partial charge >= 0.3 is 0 Å². The van der Waals surface area contributed by atoms with Gasteiger partial charge in [0, 0.05) is 38.3 Å². The van der Waals surface area contributed by atoms with Gasteiger partial charge in [0.15, 0.2) is 0 Å². The predicted molar refractivity (Wildman–Crippen MR) is 151 cm³/mol. The molecule has 5 nitrogen and oxygen atoms in total. The van der Waals surface area contributed by atoms with Gasteiger partial charge in [0.05, 0.1) is 0 Å². The number of fused-ring (bicyclic) bond motifs is 1. The second-order valence-corrected chi connectivity index (χ2v) is 9.78. The zero-order valence-electron chi connectivity index (χ0n) is 21.8. The number of rotatable bonds is 10. The Kier molecular flexibility index (Phi) is 8.32. The van der Waals surface area contributed by atoms with Crippen LogP contribution in [0.3, 0.4) is 0 Å². The quantitative estimate of drug-likeness (QED) is 0.293. The van der Waals surface area contributed by atoms with Crippen LogP contribution in [0.15, 0.2) is 109 Å². The summed E-state index contributed by atoms with van der Waals surface area (Å²) in [6.45, 7) is 2.01. The molecule has 0 radical (unpaired) electrons. The molecule has 2 amide bonds. The van der Waals surface area contributed by atoms with Gasteiger partial charge in [-0.05, 0) is 46.9 Å². The van der Waals surface area contributed by atoms with E-state index in [0.29, 0.717) is 18.7 Å². The Bertz CT molecular complexity index is 1390. The van der Waals surface area contributed by atoms with Crippen molar-refractivity contribution in [2.75, 3.05) is 18.0 Å². The summed E-state index contributed by atoms with van der Waals surface area (Å²) in [5.41, 5.74) is 4.89. The van der Waals surface area contributed by atoms with Crippen LogP contribution in [0.4, 0.5) is 10.1 Å². The molecule has 0 fully saturated rings. The molecule has 4 aromatic rings. The summed E-state index contributed by atoms with van der Waals surface area (Å²) in [6.07, 6.45) is 1.21. The molecule has 1 aliphatic rings. The van der Waals surface area contributed by atoms with Gasteiger partial charge in [-0.1, -0.05) is 91.0 Å². The highest BCUT2D eigenvalue weighted by atomic mass is 19.1. The van der Waals surface area contributed by atoms with Crippen molar-refractivity contribution >= 4 is 17.5 Å². The van der Waals surface area contributed by atoms with E-state index in [1.54, 1.807) is 17.0 Å². The number of anilines is 1. The summed E-state index contributed by atoms with van der Waals surface area (Å²) in [5, 5.41) is 3.01. The van der Waals surface area contributed by atoms with Crippen molar-refractivity contribution < 1.29 is 14.0 Å². The molecule has 4 aromatic carbocycles. The Hall–Kier alpha value is -4.45. The highest BCUT2D eigenvalue weighted by molar-refractivity contribution is 5.89. The first-order valence-electron chi connectivity index (χ1n) is 13.3. The fourth-order valence-electron chi connectivity index (χ4n) is 5.12. The molecule has 0 aliphatic carbocycles. The summed E-state index contributed by atoms with van der Waals surface area (Å²) in [7, 11) is 0. The Morgan fingerprint density at radius 1 is 0.821 bits per heavy atom. The summed E-state index contributed by atoms with van der Waals surface area (Å²) in [5.74, 6) is -0.829. The Morgan fingerprint density at radius 3 is 2.18 bits per heavy atom. The molecule has 6 heteroatoms. The Balaban J connectivity index is 1.41. The van der Waals surface area contributed by atoms with Crippen LogP contribution in [-0.4, -0.2) is 29.8 Å². The van der Waals surface area contributed by atoms with Crippen molar-refractivity contribution in [1.29, 1.82) is 0 Å². The number of nitrogens with one attached hydrogen (secondary N) is 1. The van der Waals surface area contributed by atoms with Crippen LogP contribution in [0.5, 0.6) is 0 Å². The lowest BCUT2D eigenvalue weighted by atomic mass is 10.0. The molecule has 5 rings (SSSR count). The molecule has 0 unspecified atom stereocenters. The molecule has 1 heterocycles. The van der Waals surface area contributed by atoms with Crippen molar-refractivity contribution in [3.63, 3.8) is 0 Å². The van der Waals surface area contributed by atoms with Gasteiger partial charge in [0.2, 0.25) is 11.8 Å². The van der Waals surface area contributed by atoms with Crippen LogP contribution >= 0.6 is 0 Å². The van der Waals surface area contributed by atoms with E-state index in [-0.39, 0.29) is 24.8 Å². The van der Waals surface area contributed by atoms with Crippen molar-refractivity contribution in [3.8, 4) is 0 Å². The molecule has 39 heavy (non-hydrogen) atoms. The summed E-state index contributed by atoms with van der Waals surface area (Å²) in [6, 6.07) is 32.5. The molecule has 198 valence electrons. The van der Waals surface area contributed by atoms with Crippen molar-refractivity contribution in [2.45, 2.75) is 32.0 Å². The highest BCUT2D eigenvalue weighted by Gasteiger charge is 2.32. The number of hydrogen-bond acceptors (Lipinski definition) is 3. The van der Waals surface area contributed by atoms with Gasteiger partial charge < -0.3 is 15.1 Å². The van der Waals surface area contributed by atoms with E-state index in [0.717, 1.165) is 29.8 Å². The van der Waals surface area contributed by atoms with Crippen LogP contribution in [0.25, 0.3) is 0 Å². The van der Waals surface area contributed by atoms with Gasteiger partial charge in [0.1, 0.15) is 11.9 Å². The lowest BCUT2D eigenvalue weighted by molar-refractivity contribution is -0.141. The number of hydrogen-bond donors (Lipinski definition) is 1. The van der Waals surface area contributed by atoms with Gasteiger partial charge in [-0.25, -0.2) is 4.39 Å². The van der Waals surface area contributed by atoms with Gasteiger partial charge in [-0.2, -0.15) is 0 Å². The third kappa shape index (κ3) is 6.52. The van der Waals surface area contributed by atoms with E-state index >= 15 is 0 Å². The number of nitrogens with zero attached hydrogens (tertiary/aromatic N) is 2. The minimum atomic E-state index is -0.909. The lowest BCUT2D eigenvalue weighted by Crippen LogP contribution is -2.44. The van der Waals surface area contributed by atoms with Crippen LogP contribution in [0, 0.1) is 5.82 Å². The number of benzene rings is 4. The largest absolute Gasteiger partial charge is 0.370 e. The van der Waals surface area contributed by atoms with Crippen LogP contribution < -0.4 is 10.2 Å². The topological polar surface area (TPSA) is 52.7 Å². The van der Waals surface area contributed by atoms with E-state index < -0.39 is 11.9 Å². The molecule has 0 spiro atoms. The standard InChI is InChI=1S/C33H32FN3O2/c34-29-17-15-28(16-18-29)32(33(39)35-23-25-9-3-1-4-10-25)37(24-26-11-5-2-6-12-26)31(38)20-22-36-21-19-27-13-7-8-14-30(27)36/h1-18,32H,19-24H2,(H,35,39)/t32-/m1/s1. The highest BCUT2D eigenvalue weighted by Crippen LogP contribution is 2.29. The minimum Gasteiger partial charge on any atom is -0.370 e. The normalized spacial score (nSPS) is 13.0. The molecule has 0 bridgehead atoms. The molecule has 1 N–H and O–H groups in total. The lowest BCUT2D eigenvalue weighted by Gasteiger charge is -2.32. The Labute approximate surface area is 228 Å². The third-order valence-electron chi connectivity index (χ3n) is 7.15. The van der Waals surface area contributed by atoms with Crippen LogP contribution in [0.2, 0.25) is 0 Å². The van der Waals surface area contributed by atoms with E-state index in [2.05, 4.69) is 22.3 Å². The fourth-order valence-corrected chi connectivity index (χ4v) is 5.12. The molecule has 1 aliphatic heterocycles. The monoisotopic (exact) mass is 521 g/mol. The second-order valence-electron chi connectivity index (χ2n) is 9.78. The average molecular weight is 522 g/mol. The fraction of sp³-hybridized carbons (Fsp3) is 0.212. The third-order valence-corrected chi connectivity index (χ3v) is 7.15. The van der Waals surface area contributed by atoms with Crippen molar-refractivity contribution in [3.05, 3.63) is 137 Å². The molecule has 1 atom stereocenters. The van der Waals surface area contributed by atoms with E-state index in [1.165, 1.54) is 17.7 Å². The van der Waals surface area contributed by atoms with Crippen LogP contribution in [-0.2, 0) is 29.1 Å². The van der Waals surface area contributed by atoms with Crippen molar-refractivity contribution in [2.24, 2.45) is 0 Å². The summed E-state index contributed by atoms with van der Waals surface area (Å²) >= 11 is 0. The first-order chi connectivity index (χ1) is 19.1. The number of carbonyl (C=O) groups excluding carboxylic acids is 2. The molecular formula is C33H32FN3O2. The maximum atomic E-state index is 13.9. The van der Waals surface area contributed by atoms with Gasteiger partial charge in [0.25, 0.3) is 0 Å². The summed E-state index contributed by atoms with van der Waals surface area (Å²) < 4.78 is 13.9. The maximum absolute atomic E-state index is 13.9. The van der Waals surface area contributed by atoms with Gasteiger partial charge in [-0.15, -0.1) is 0 Å². The zero-order chi connectivity index (χ0) is 27.0. The number of para-hydroxylation sites is 1. The first kappa shape index (κ1) is 26.2. The zero-order valence-corrected chi connectivity index (χ0v) is 21.8. The molecule has 0 saturated heterocycles. The number of halogens is 1. The first-order valence-corrected chi connectivity index (χ1v) is 13.3. The second kappa shape index (κ2) is 12.4. The SMILES string of the molecule is O=C(NCc1ccccc1)[C@@H](c1ccc(F)cc1)N(Cc1ccccc1)C(=O)CCN1CCc2ccccc21. The Morgan fingerprint density at radius 2 is 1.46 bits per heavy atom. The van der Waals surface area contributed by atoms with E-state index in [4.69, 9.17) is 0 Å². The van der Waals surface area contributed by atoms with Gasteiger partial charge in [-0.3, -0.25) is 9.59 Å². The smallest absolute Gasteiger partial charge is 0.247 e. The minimum absolute atomic E-state index is 0.132. The maximum Gasteiger partial charge on any atom is 0.247 e. The van der Waals surface area contributed by atoms with Crippen molar-refractivity contribution in [1.82, 2.24) is 10.2 Å². The van der Waals surface area contributed by atoms with E-state index in [1.807, 2.05) is 72.8 Å². The molecule has 0 saturated carbocycles.